The summed E-state index contributed by atoms with van der Waals surface area (Å²) in [5, 5.41) is 18.1. The number of rotatable bonds is 7. The molecule has 170 valence electrons. The number of benzene rings is 2. The van der Waals surface area contributed by atoms with E-state index in [1.165, 1.54) is 17.3 Å². The average Bonchev–Trinajstić information content (AvgIpc) is 3.53. The van der Waals surface area contributed by atoms with Crippen LogP contribution in [0.25, 0.3) is 28.5 Å². The minimum absolute atomic E-state index is 0.141. The number of nitrogens with zero attached hydrogens (tertiary/aromatic N) is 6. The molecule has 3 aromatic heterocycles. The topological polar surface area (TPSA) is 91.8 Å². The molecule has 34 heavy (non-hydrogen) atoms. The fraction of sp³-hybridized carbons (Fsp3) is 0.160. The summed E-state index contributed by atoms with van der Waals surface area (Å²) in [5.74, 6) is 2.51. The number of hydrogen-bond acceptors (Lipinski definition) is 8. The fourth-order valence-electron chi connectivity index (χ4n) is 3.42. The lowest BCUT2D eigenvalue weighted by atomic mass is 10.1. The van der Waals surface area contributed by atoms with Gasteiger partial charge in [-0.3, -0.25) is 9.55 Å². The normalized spacial score (nSPS) is 12.0. The summed E-state index contributed by atoms with van der Waals surface area (Å²) in [6, 6.07) is 19.6. The molecule has 9 heteroatoms. The van der Waals surface area contributed by atoms with Crippen molar-refractivity contribution in [1.29, 1.82) is 0 Å². The predicted molar refractivity (Wildman–Crippen MR) is 130 cm³/mol. The zero-order valence-electron chi connectivity index (χ0n) is 18.9. The van der Waals surface area contributed by atoms with Gasteiger partial charge in [0.25, 0.3) is 0 Å². The van der Waals surface area contributed by atoms with E-state index in [4.69, 9.17) is 9.15 Å². The number of hydrogen-bond donors (Lipinski definition) is 0. The van der Waals surface area contributed by atoms with Crippen molar-refractivity contribution >= 4 is 11.8 Å². The van der Waals surface area contributed by atoms with Gasteiger partial charge in [0.05, 0.1) is 12.4 Å². The minimum atomic E-state index is -0.141. The van der Waals surface area contributed by atoms with Crippen molar-refractivity contribution in [3.05, 3.63) is 84.5 Å². The Morgan fingerprint density at radius 2 is 1.59 bits per heavy atom. The van der Waals surface area contributed by atoms with Gasteiger partial charge in [0.15, 0.2) is 11.0 Å². The molecule has 2 aromatic carbocycles. The molecule has 0 amide bonds. The Hall–Kier alpha value is -3.98. The second kappa shape index (κ2) is 9.48. The first-order valence-electron chi connectivity index (χ1n) is 10.7. The summed E-state index contributed by atoms with van der Waals surface area (Å²) in [7, 11) is 1.65. The molecule has 0 N–H and O–H groups in total. The van der Waals surface area contributed by atoms with E-state index in [1.807, 2.05) is 79.1 Å². The largest absolute Gasteiger partial charge is 0.497 e. The standard InChI is InChI=1S/C25H22N6O2S/c1-16-4-6-19(7-5-16)24-29-28-23(33-24)17(2)34-25-30-27-22(18-12-14-26-15-13-18)31(25)20-8-10-21(32-3)11-9-20/h4-15,17H,1-3H3. The lowest BCUT2D eigenvalue weighted by molar-refractivity contribution is 0.414. The summed E-state index contributed by atoms with van der Waals surface area (Å²) >= 11 is 1.50. The monoisotopic (exact) mass is 470 g/mol. The minimum Gasteiger partial charge on any atom is -0.497 e. The number of pyridine rings is 1. The lowest BCUT2D eigenvalue weighted by Gasteiger charge is -2.12. The Labute approximate surface area is 201 Å². The van der Waals surface area contributed by atoms with Crippen molar-refractivity contribution < 1.29 is 9.15 Å². The maximum absolute atomic E-state index is 5.99. The van der Waals surface area contributed by atoms with E-state index in [9.17, 15) is 0 Å². The van der Waals surface area contributed by atoms with Crippen molar-refractivity contribution in [2.45, 2.75) is 24.3 Å². The molecule has 0 fully saturated rings. The summed E-state index contributed by atoms with van der Waals surface area (Å²) in [6.45, 7) is 4.05. The van der Waals surface area contributed by atoms with E-state index in [0.29, 0.717) is 22.8 Å². The van der Waals surface area contributed by atoms with Gasteiger partial charge in [-0.2, -0.15) is 0 Å². The zero-order valence-corrected chi connectivity index (χ0v) is 19.7. The molecule has 8 nitrogen and oxygen atoms in total. The third kappa shape index (κ3) is 4.42. The lowest BCUT2D eigenvalue weighted by Crippen LogP contribution is -2.01. The number of aromatic nitrogens is 6. The molecule has 5 aromatic rings. The molecule has 0 aliphatic rings. The van der Waals surface area contributed by atoms with Crippen LogP contribution >= 0.6 is 11.8 Å². The highest BCUT2D eigenvalue weighted by Crippen LogP contribution is 2.37. The van der Waals surface area contributed by atoms with E-state index < -0.39 is 0 Å². The second-order valence-electron chi connectivity index (χ2n) is 7.65. The van der Waals surface area contributed by atoms with Crippen LogP contribution < -0.4 is 4.74 Å². The van der Waals surface area contributed by atoms with Gasteiger partial charge in [0, 0.05) is 29.2 Å². The fourth-order valence-corrected chi connectivity index (χ4v) is 4.32. The number of aryl methyl sites for hydroxylation is 1. The molecule has 0 aliphatic heterocycles. The quantitative estimate of drug-likeness (QED) is 0.286. The highest BCUT2D eigenvalue weighted by molar-refractivity contribution is 7.99. The molecule has 1 unspecified atom stereocenters. The van der Waals surface area contributed by atoms with Crippen molar-refractivity contribution in [2.75, 3.05) is 7.11 Å². The SMILES string of the molecule is COc1ccc(-n2c(SC(C)c3nnc(-c4ccc(C)cc4)o3)nnc2-c2ccncc2)cc1. The van der Waals surface area contributed by atoms with Gasteiger partial charge in [-0.15, -0.1) is 20.4 Å². The van der Waals surface area contributed by atoms with E-state index in [0.717, 1.165) is 22.6 Å². The second-order valence-corrected chi connectivity index (χ2v) is 8.96. The third-order valence-electron chi connectivity index (χ3n) is 5.27. The molecule has 5 rings (SSSR count). The van der Waals surface area contributed by atoms with Crippen LogP contribution in [0.15, 0.2) is 82.6 Å². The molecule has 3 heterocycles. The molecule has 0 saturated carbocycles. The van der Waals surface area contributed by atoms with Crippen molar-refractivity contribution in [3.63, 3.8) is 0 Å². The first-order valence-corrected chi connectivity index (χ1v) is 11.6. The molecule has 0 saturated heterocycles. The maximum Gasteiger partial charge on any atom is 0.247 e. The van der Waals surface area contributed by atoms with Crippen LogP contribution in [0.1, 0.15) is 23.6 Å². The summed E-state index contributed by atoms with van der Waals surface area (Å²) in [6.07, 6.45) is 3.48. The van der Waals surface area contributed by atoms with Gasteiger partial charge < -0.3 is 9.15 Å². The van der Waals surface area contributed by atoms with E-state index >= 15 is 0 Å². The molecule has 0 aliphatic carbocycles. The molecule has 0 bridgehead atoms. The van der Waals surface area contributed by atoms with Crippen molar-refractivity contribution in [1.82, 2.24) is 29.9 Å². The van der Waals surface area contributed by atoms with E-state index in [2.05, 4.69) is 25.4 Å². The van der Waals surface area contributed by atoms with Gasteiger partial charge in [0.2, 0.25) is 11.8 Å². The van der Waals surface area contributed by atoms with Gasteiger partial charge in [-0.1, -0.05) is 29.5 Å². The summed E-state index contributed by atoms with van der Waals surface area (Å²) < 4.78 is 13.3. The Morgan fingerprint density at radius 3 is 2.29 bits per heavy atom. The van der Waals surface area contributed by atoms with Crippen molar-refractivity contribution in [3.8, 4) is 34.3 Å². The average molecular weight is 471 g/mol. The van der Waals surface area contributed by atoms with Gasteiger partial charge >= 0.3 is 0 Å². The van der Waals surface area contributed by atoms with Gasteiger partial charge in [-0.05, 0) is 62.4 Å². The molecular weight excluding hydrogens is 448 g/mol. The molecule has 1 atom stereocenters. The van der Waals surface area contributed by atoms with Crippen LogP contribution in [0.3, 0.4) is 0 Å². The summed E-state index contributed by atoms with van der Waals surface area (Å²) in [5.41, 5.74) is 3.90. The Morgan fingerprint density at radius 1 is 0.853 bits per heavy atom. The highest BCUT2D eigenvalue weighted by atomic mass is 32.2. The first kappa shape index (κ1) is 21.8. The number of methoxy groups -OCH3 is 1. The predicted octanol–water partition coefficient (Wildman–Crippen LogP) is 5.55. The van der Waals surface area contributed by atoms with Crippen LogP contribution in [0, 0.1) is 6.92 Å². The van der Waals surface area contributed by atoms with Gasteiger partial charge in [0.1, 0.15) is 5.75 Å². The maximum atomic E-state index is 5.99. The highest BCUT2D eigenvalue weighted by Gasteiger charge is 2.22. The molecular formula is C25H22N6O2S. The van der Waals surface area contributed by atoms with Crippen LogP contribution in [-0.2, 0) is 0 Å². The first-order chi connectivity index (χ1) is 16.6. The van der Waals surface area contributed by atoms with E-state index in [1.54, 1.807) is 19.5 Å². The summed E-state index contributed by atoms with van der Waals surface area (Å²) in [4.78, 5) is 4.12. The molecule has 0 radical (unpaired) electrons. The number of ether oxygens (including phenoxy) is 1. The van der Waals surface area contributed by atoms with Gasteiger partial charge in [-0.25, -0.2) is 0 Å². The van der Waals surface area contributed by atoms with Crippen LogP contribution in [0.5, 0.6) is 5.75 Å². The third-order valence-corrected chi connectivity index (χ3v) is 6.30. The zero-order chi connectivity index (χ0) is 23.5. The Balaban J connectivity index is 1.47. The van der Waals surface area contributed by atoms with Crippen LogP contribution in [0.2, 0.25) is 0 Å². The Kier molecular flexibility index (Phi) is 6.09. The smallest absolute Gasteiger partial charge is 0.247 e. The van der Waals surface area contributed by atoms with E-state index in [-0.39, 0.29) is 5.25 Å². The number of thioether (sulfide) groups is 1. The van der Waals surface area contributed by atoms with Crippen LogP contribution in [-0.4, -0.2) is 37.1 Å². The Bertz CT molecular complexity index is 1380. The molecule has 0 spiro atoms. The van der Waals surface area contributed by atoms with Crippen LogP contribution in [0.4, 0.5) is 0 Å². The van der Waals surface area contributed by atoms with Crippen molar-refractivity contribution in [2.24, 2.45) is 0 Å².